The molecule has 718 valence electrons. The maximum Gasteiger partial charge on any atom is 0.227 e. The second-order valence-electron chi connectivity index (χ2n) is 33.2. The number of aromatic nitrogens is 6. The van der Waals surface area contributed by atoms with Gasteiger partial charge in [0.15, 0.2) is 0 Å². The molecule has 0 saturated carbocycles. The van der Waals surface area contributed by atoms with Gasteiger partial charge in [0.1, 0.15) is 0 Å². The third kappa shape index (κ3) is 42.1. The van der Waals surface area contributed by atoms with Gasteiger partial charge in [-0.05, 0) is 232 Å². The van der Waals surface area contributed by atoms with Crippen molar-refractivity contribution in [2.45, 2.75) is 129 Å². The molecule has 19 nitrogen and oxygen atoms in total. The topological polar surface area (TPSA) is 235 Å². The van der Waals surface area contributed by atoms with Gasteiger partial charge >= 0.3 is 0 Å². The molecule has 0 aliphatic rings. The molecule has 6 atom stereocenters. The highest BCUT2D eigenvalue weighted by Gasteiger charge is 2.22. The largest absolute Gasteiger partial charge is 0.387 e. The van der Waals surface area contributed by atoms with Crippen LogP contribution in [-0.2, 0) is 43.3 Å². The van der Waals surface area contributed by atoms with Crippen molar-refractivity contribution >= 4 is 109 Å². The van der Waals surface area contributed by atoms with Crippen LogP contribution in [0.1, 0.15) is 157 Å². The predicted molar refractivity (Wildman–Crippen MR) is 556 cm³/mol. The Hall–Kier alpha value is -8.95. The number of hydrogen-bond donors (Lipinski definition) is 6. The molecule has 0 aliphatic heterocycles. The number of carbonyl (C=O) groups excluding carboxylic acids is 1. The Bertz CT molecular complexity index is 5360. The lowest BCUT2D eigenvalue weighted by atomic mass is 10.0. The first-order valence-electron chi connectivity index (χ1n) is 45.9. The third-order valence-electron chi connectivity index (χ3n) is 22.2. The van der Waals surface area contributed by atoms with Crippen LogP contribution in [0, 0.1) is 0 Å². The van der Waals surface area contributed by atoms with E-state index < -0.39 is 36.6 Å². The average molecular weight is 1990 g/mol. The Morgan fingerprint density at radius 2 is 0.570 bits per heavy atom. The van der Waals surface area contributed by atoms with E-state index in [1.807, 2.05) is 142 Å². The van der Waals surface area contributed by atoms with E-state index in [2.05, 4.69) is 142 Å². The number of hydrogen-bond acceptors (Lipinski definition) is 18. The predicted octanol–water partition coefficient (Wildman–Crippen LogP) is 22.8. The number of carbonyl (C=O) groups is 1. The van der Waals surface area contributed by atoms with Gasteiger partial charge in [0.05, 0.1) is 89.8 Å². The van der Waals surface area contributed by atoms with Crippen LogP contribution in [0.3, 0.4) is 0 Å². The summed E-state index contributed by atoms with van der Waals surface area (Å²) >= 11 is 47.7. The summed E-state index contributed by atoms with van der Waals surface area (Å²) in [4.78, 5) is 49.6. The van der Waals surface area contributed by atoms with Crippen LogP contribution in [-0.4, -0.2) is 208 Å². The summed E-state index contributed by atoms with van der Waals surface area (Å²) in [5.41, 5.74) is 11.9. The first-order valence-corrected chi connectivity index (χ1v) is 48.9. The molecular formula is C108H128Cl8N12O7. The number of fused-ring (bicyclic) bond motifs is 1. The first-order chi connectivity index (χ1) is 65.3. The molecule has 7 aromatic carbocycles. The zero-order chi connectivity index (χ0) is 97.1. The monoisotopic (exact) mass is 1980 g/mol. The second-order valence-corrected chi connectivity index (χ2v) is 36.4. The van der Waals surface area contributed by atoms with Crippen molar-refractivity contribution in [1.29, 1.82) is 0 Å². The number of nitrogens with zero attached hydrogens (tertiary/aromatic N) is 12. The third-order valence-corrected chi connectivity index (χ3v) is 25.2. The van der Waals surface area contributed by atoms with Crippen LogP contribution < -0.4 is 0 Å². The number of likely N-dealkylation sites (N-methyl/N-ethyl adjacent to an activating group) is 2. The van der Waals surface area contributed by atoms with Crippen molar-refractivity contribution in [1.82, 2.24) is 59.3 Å². The summed E-state index contributed by atoms with van der Waals surface area (Å²) < 4.78 is 0. The highest BCUT2D eigenvalue weighted by atomic mass is 35.5. The summed E-state index contributed by atoms with van der Waals surface area (Å²) in [5.74, 6) is -0.0572. The summed E-state index contributed by atoms with van der Waals surface area (Å²) in [5, 5.41) is 68.8. The minimum atomic E-state index is -0.761. The normalized spacial score (nSPS) is 12.5. The van der Waals surface area contributed by atoms with Gasteiger partial charge in [-0.3, -0.25) is 34.7 Å². The summed E-state index contributed by atoms with van der Waals surface area (Å²) in [6.07, 6.45) is 26.0. The van der Waals surface area contributed by atoms with Gasteiger partial charge in [-0.2, -0.15) is 0 Å². The fourth-order valence-corrected chi connectivity index (χ4v) is 16.1. The van der Waals surface area contributed by atoms with Crippen LogP contribution in [0.15, 0.2) is 293 Å². The van der Waals surface area contributed by atoms with E-state index in [1.54, 1.807) is 110 Å². The van der Waals surface area contributed by atoms with Crippen molar-refractivity contribution in [3.63, 3.8) is 0 Å². The van der Waals surface area contributed by atoms with Crippen LogP contribution >= 0.6 is 92.8 Å². The van der Waals surface area contributed by atoms with E-state index in [9.17, 15) is 35.4 Å². The summed E-state index contributed by atoms with van der Waals surface area (Å²) in [7, 11) is 3.97. The van der Waals surface area contributed by atoms with Crippen LogP contribution in [0.5, 0.6) is 0 Å². The van der Waals surface area contributed by atoms with E-state index >= 15 is 0 Å². The minimum Gasteiger partial charge on any atom is -0.387 e. The number of halogens is 8. The van der Waals surface area contributed by atoms with Crippen LogP contribution in [0.4, 0.5) is 0 Å². The van der Waals surface area contributed by atoms with Crippen molar-refractivity contribution < 1.29 is 35.4 Å². The lowest BCUT2D eigenvalue weighted by Gasteiger charge is -2.25. The summed E-state index contributed by atoms with van der Waals surface area (Å²) in [6, 6.07) is 70.2. The Morgan fingerprint density at radius 1 is 0.267 bits per heavy atom. The van der Waals surface area contributed by atoms with E-state index in [-0.39, 0.29) is 18.9 Å². The SMILES string of the molecule is CCCN(CC(O)c1cccnc1)C(=O)Cc1ccc(Cl)c(Cl)c1.CCCN(CCc1ccc(Cl)c(Cl)c1)CC(O)c1cccnc1.CCCN(CCc1ccc2ccccc2c1)CC(O)c1cccnc1.CCCN(CCc1ccccc1)CC(O)c1cccnc1.CN(CCc1ccc(Cl)c(Cl)c1)CC(O)c1cccnc1.CN(CCc1ccc(Cl)c(Cl)c1)CC(O)c1ccncc1. The number of pyridine rings is 6. The van der Waals surface area contributed by atoms with Gasteiger partial charge in [-0.25, -0.2) is 0 Å². The van der Waals surface area contributed by atoms with Crippen molar-refractivity contribution in [2.75, 3.05) is 112 Å². The fraction of sp³-hybridized carbons (Fsp3) is 0.343. The number of amides is 1. The molecular weight excluding hydrogens is 1860 g/mol. The quantitative estimate of drug-likeness (QED) is 0.0208. The molecule has 13 aromatic rings. The highest BCUT2D eigenvalue weighted by molar-refractivity contribution is 6.43. The number of rotatable bonds is 43. The van der Waals surface area contributed by atoms with Crippen molar-refractivity contribution in [2.24, 2.45) is 0 Å². The Labute approximate surface area is 838 Å². The summed E-state index contributed by atoms with van der Waals surface area (Å²) in [6.45, 7) is 19.7. The standard InChI is InChI=1S/C22H26N2O.C18H20Cl2N2O2.C18H22Cl2N2O.C18H24N2O.2C16H18Cl2N2O/c1-2-13-24(17-22(25)21-8-5-12-23-16-21)14-11-18-9-10-19-6-3-4-7-20(19)15-18;1-2-8-22(12-17(23)14-4-3-7-21-11-14)18(24)10-13-5-6-15(19)16(20)9-13;1-2-9-22(13-18(23)15-4-3-8-21-12-15)10-7-14-5-6-16(19)17(20)11-14;1-2-12-20(13-10-16-7-4-3-5-8-16)15-18(21)17-9-6-11-19-14-17;1-20(11-16(21)13-4-7-19-8-5-13)9-6-12-2-3-14(17)15(18)10-12;1-20(11-16(21)13-3-2-7-19-10-13)8-6-12-4-5-14(17)15(18)9-12/h3-10,12,15-16,22,25H,2,11,13-14,17H2,1H3;3-7,9,11,17,23H,2,8,10,12H2,1H3;3-6,8,11-12,18,23H,2,7,9-10,13H2,1H3;3-9,11,14,18,21H,2,10,12-13,15H2,1H3;2-5,7-8,10,16,21H,6,9,11H2,1H3;2-5,7,9-10,16,21H,6,8,11H2,1H3. The second kappa shape index (κ2) is 62.8. The lowest BCUT2D eigenvalue weighted by molar-refractivity contribution is -0.132. The van der Waals surface area contributed by atoms with Gasteiger partial charge in [-0.1, -0.05) is 248 Å². The van der Waals surface area contributed by atoms with Gasteiger partial charge < -0.3 is 60.0 Å². The highest BCUT2D eigenvalue weighted by Crippen LogP contribution is 2.29. The van der Waals surface area contributed by atoms with Crippen LogP contribution in [0.2, 0.25) is 40.2 Å². The minimum absolute atomic E-state index is 0.0572. The fourth-order valence-electron chi connectivity index (χ4n) is 14.8. The van der Waals surface area contributed by atoms with E-state index in [0.717, 1.165) is 160 Å². The molecule has 6 heterocycles. The van der Waals surface area contributed by atoms with Crippen molar-refractivity contribution in [3.05, 3.63) is 400 Å². The van der Waals surface area contributed by atoms with E-state index in [4.69, 9.17) is 92.8 Å². The molecule has 0 saturated heterocycles. The van der Waals surface area contributed by atoms with Gasteiger partial charge in [0.2, 0.25) is 5.91 Å². The Morgan fingerprint density at radius 3 is 0.926 bits per heavy atom. The zero-order valence-corrected chi connectivity index (χ0v) is 83.9. The van der Waals surface area contributed by atoms with Gasteiger partial charge in [-0.15, -0.1) is 0 Å². The zero-order valence-electron chi connectivity index (χ0n) is 77.8. The molecule has 0 spiro atoms. The maximum absolute atomic E-state index is 12.6. The van der Waals surface area contributed by atoms with Gasteiger partial charge in [0.25, 0.3) is 0 Å². The molecule has 0 bridgehead atoms. The first kappa shape index (κ1) is 111. The smallest absolute Gasteiger partial charge is 0.227 e. The number of benzene rings is 7. The molecule has 0 aliphatic carbocycles. The molecule has 135 heavy (non-hydrogen) atoms. The molecule has 13 rings (SSSR count). The van der Waals surface area contributed by atoms with E-state index in [1.165, 1.54) is 21.9 Å². The maximum atomic E-state index is 12.6. The Balaban J connectivity index is 0.000000199. The molecule has 0 fully saturated rings. The van der Waals surface area contributed by atoms with Crippen LogP contribution in [0.25, 0.3) is 10.8 Å². The molecule has 6 aromatic heterocycles. The molecule has 6 unspecified atom stereocenters. The number of aliphatic hydroxyl groups excluding tert-OH is 6. The van der Waals surface area contributed by atoms with Gasteiger partial charge in [0, 0.05) is 174 Å². The number of aliphatic hydroxyl groups is 6. The lowest BCUT2D eigenvalue weighted by Crippen LogP contribution is -2.36. The Kier molecular flexibility index (Phi) is 51.8. The molecule has 0 radical (unpaired) electrons. The van der Waals surface area contributed by atoms with E-state index in [0.29, 0.717) is 85.0 Å². The molecule has 6 N–H and O–H groups in total. The molecule has 27 heteroatoms. The van der Waals surface area contributed by atoms with Crippen molar-refractivity contribution in [3.8, 4) is 0 Å². The molecule has 1 amide bonds. The average Bonchev–Trinajstić information content (AvgIpc) is 0.838.